The monoisotopic (exact) mass is 490 g/mol. The molecule has 0 aromatic heterocycles. The highest BCUT2D eigenvalue weighted by Crippen LogP contribution is 2.14. The summed E-state index contributed by atoms with van der Waals surface area (Å²) in [7, 11) is 0. The Kier molecular flexibility index (Phi) is 19.2. The summed E-state index contributed by atoms with van der Waals surface area (Å²) in [4.78, 5) is 41.6. The Morgan fingerprint density at radius 2 is 1.49 bits per heavy atom. The highest BCUT2D eigenvalue weighted by atomic mass is 16.5. The number of carbonyl (C=O) groups is 4. The van der Waals surface area contributed by atoms with Gasteiger partial charge in [0.05, 0.1) is 6.54 Å². The molecule has 0 heterocycles. The molecule has 4 amide bonds. The van der Waals surface area contributed by atoms with Crippen LogP contribution in [0.1, 0.15) is 59.9 Å². The number of hydroxylamine groups is 1. The minimum Gasteiger partial charge on any atom is -0.368 e. The van der Waals surface area contributed by atoms with Crippen LogP contribution in [0.2, 0.25) is 0 Å². The van der Waals surface area contributed by atoms with Gasteiger partial charge in [-0.25, -0.2) is 5.48 Å². The van der Waals surface area contributed by atoms with E-state index in [4.69, 9.17) is 10.9 Å². The first-order valence-electron chi connectivity index (χ1n) is 11.6. The van der Waals surface area contributed by atoms with Crippen molar-refractivity contribution in [3.63, 3.8) is 0 Å². The van der Waals surface area contributed by atoms with Gasteiger partial charge in [-0.2, -0.15) is 0 Å². The van der Waals surface area contributed by atoms with Crippen molar-refractivity contribution in [2.24, 2.45) is 11.7 Å². The molecule has 2 aromatic rings. The fourth-order valence-corrected chi connectivity index (χ4v) is 1.96. The average molecular weight is 491 g/mol. The van der Waals surface area contributed by atoms with Crippen molar-refractivity contribution in [2.45, 2.75) is 67.3 Å². The third-order valence-electron chi connectivity index (χ3n) is 4.47. The maximum absolute atomic E-state index is 10.9. The van der Waals surface area contributed by atoms with Crippen molar-refractivity contribution in [1.29, 1.82) is 0 Å². The third-order valence-corrected chi connectivity index (χ3v) is 4.47. The Bertz CT molecular complexity index is 910. The number of rotatable bonds is 6. The van der Waals surface area contributed by atoms with Crippen LogP contribution in [0, 0.1) is 12.8 Å². The quantitative estimate of drug-likeness (QED) is 0.311. The summed E-state index contributed by atoms with van der Waals surface area (Å²) in [6.07, 6.45) is 1.64. The highest BCUT2D eigenvalue weighted by molar-refractivity contribution is 5.88. The van der Waals surface area contributed by atoms with Gasteiger partial charge in [-0.05, 0) is 30.5 Å². The number of primary amides is 1. The Morgan fingerprint density at radius 3 is 1.89 bits per heavy atom. The van der Waals surface area contributed by atoms with Gasteiger partial charge < -0.3 is 16.4 Å². The minimum absolute atomic E-state index is 0.146. The number of amides is 4. The van der Waals surface area contributed by atoms with E-state index >= 15 is 0 Å². The number of nitrogens with two attached hydrogens (primary N) is 1. The van der Waals surface area contributed by atoms with E-state index in [1.807, 2.05) is 0 Å². The topological polar surface area (TPSA) is 151 Å². The smallest absolute Gasteiger partial charge is 0.243 e. The second kappa shape index (κ2) is 20.0. The van der Waals surface area contributed by atoms with Crippen LogP contribution in [0.4, 0.5) is 0 Å². The summed E-state index contributed by atoms with van der Waals surface area (Å²) in [6, 6.07) is 14.2. The molecule has 0 radical (unpaired) electrons. The lowest BCUT2D eigenvalue weighted by Crippen LogP contribution is -2.46. The molecular formula is C26H42N4O5. The summed E-state index contributed by atoms with van der Waals surface area (Å²) in [6.45, 7) is 13.0. The first kappa shape index (κ1) is 33.7. The van der Waals surface area contributed by atoms with Gasteiger partial charge in [0.2, 0.25) is 23.6 Å². The van der Waals surface area contributed by atoms with Crippen LogP contribution in [0.3, 0.4) is 0 Å². The van der Waals surface area contributed by atoms with Crippen LogP contribution < -0.4 is 21.8 Å². The molecule has 196 valence electrons. The minimum atomic E-state index is -0.721. The molecule has 2 aromatic carbocycles. The van der Waals surface area contributed by atoms with Crippen molar-refractivity contribution in [1.82, 2.24) is 16.1 Å². The van der Waals surface area contributed by atoms with E-state index in [2.05, 4.69) is 80.8 Å². The summed E-state index contributed by atoms with van der Waals surface area (Å²) in [5, 5.41) is 15.0. The Balaban J connectivity index is 0. The van der Waals surface area contributed by atoms with Crippen molar-refractivity contribution < 1.29 is 24.4 Å². The maximum atomic E-state index is 10.9. The third kappa shape index (κ3) is 19.7. The molecule has 6 N–H and O–H groups in total. The molecule has 35 heavy (non-hydrogen) atoms. The van der Waals surface area contributed by atoms with Gasteiger partial charge in [-0.3, -0.25) is 24.4 Å². The van der Waals surface area contributed by atoms with Gasteiger partial charge in [0, 0.05) is 13.3 Å². The molecular weight excluding hydrogens is 448 g/mol. The van der Waals surface area contributed by atoms with Crippen LogP contribution in [0.5, 0.6) is 0 Å². The number of aryl methyl sites for hydroxylation is 1. The zero-order chi connectivity index (χ0) is 27.4. The fourth-order valence-electron chi connectivity index (χ4n) is 1.96. The number of fused-ring (bicyclic) bond motifs is 1. The molecule has 1 unspecified atom stereocenters. The summed E-state index contributed by atoms with van der Waals surface area (Å²) in [5.41, 5.74) is 7.70. The van der Waals surface area contributed by atoms with E-state index in [0.717, 1.165) is 5.92 Å². The summed E-state index contributed by atoms with van der Waals surface area (Å²) < 4.78 is 0. The fraction of sp³-hybridized carbons (Fsp3) is 0.462. The number of hydrogen-bond donors (Lipinski definition) is 5. The van der Waals surface area contributed by atoms with Crippen LogP contribution >= 0.6 is 0 Å². The Hall–Kier alpha value is -3.46. The second-order valence-electron chi connectivity index (χ2n) is 8.14. The van der Waals surface area contributed by atoms with E-state index in [9.17, 15) is 19.2 Å². The van der Waals surface area contributed by atoms with Gasteiger partial charge in [-0.1, -0.05) is 82.1 Å². The molecule has 0 spiro atoms. The molecule has 0 bridgehead atoms. The van der Waals surface area contributed by atoms with E-state index < -0.39 is 17.9 Å². The molecule has 9 nitrogen and oxygen atoms in total. The predicted octanol–water partition coefficient (Wildman–Crippen LogP) is 3.21. The number of nitrogens with one attached hydrogen (secondary N) is 3. The van der Waals surface area contributed by atoms with Gasteiger partial charge in [-0.15, -0.1) is 0 Å². The van der Waals surface area contributed by atoms with E-state index in [1.54, 1.807) is 6.92 Å². The normalized spacial score (nSPS) is 10.2. The molecule has 0 aliphatic carbocycles. The van der Waals surface area contributed by atoms with E-state index in [-0.39, 0.29) is 18.4 Å². The van der Waals surface area contributed by atoms with E-state index in [1.165, 1.54) is 42.1 Å². The number of hydrogen-bond acceptors (Lipinski definition) is 5. The lowest BCUT2D eigenvalue weighted by molar-refractivity contribution is -0.128. The van der Waals surface area contributed by atoms with Crippen LogP contribution in [-0.4, -0.2) is 41.4 Å². The van der Waals surface area contributed by atoms with Crippen molar-refractivity contribution in [3.8, 4) is 0 Å². The molecule has 0 saturated heterocycles. The number of carbonyl (C=O) groups excluding carboxylic acids is 4. The average Bonchev–Trinajstić information content (AvgIpc) is 2.83. The highest BCUT2D eigenvalue weighted by Gasteiger charge is 2.11. The largest absolute Gasteiger partial charge is 0.368 e. The standard InChI is InChI=1S/C11H10.C7H13N3O3.C5H12.C3H7NO2/c1-9-6-7-10-4-2-3-5-11(10)8-9;1-4(7(8)13)10-6(12)3-9-5(2)11;1-4-5(2)3;1-2-3(5)4-6/h2-8H,1H3;4H,3H2,1-2H3,(H2,8,13)(H,9,11)(H,10,12);5H,4H2,1-3H3;6H,2H2,1H3,(H,4,5). The Labute approximate surface area is 208 Å². The van der Waals surface area contributed by atoms with Gasteiger partial charge in [0.25, 0.3) is 0 Å². The molecule has 2 rings (SSSR count). The van der Waals surface area contributed by atoms with Crippen molar-refractivity contribution >= 4 is 34.4 Å². The first-order chi connectivity index (χ1) is 16.4. The summed E-state index contributed by atoms with van der Waals surface area (Å²) in [5.74, 6) is -0.829. The van der Waals surface area contributed by atoms with Gasteiger partial charge >= 0.3 is 0 Å². The molecule has 0 saturated carbocycles. The van der Waals surface area contributed by atoms with Gasteiger partial charge in [0.15, 0.2) is 0 Å². The summed E-state index contributed by atoms with van der Waals surface area (Å²) >= 11 is 0. The van der Waals surface area contributed by atoms with Crippen LogP contribution in [0.15, 0.2) is 42.5 Å². The second-order valence-corrected chi connectivity index (χ2v) is 8.14. The SMILES string of the molecule is CC(=O)NCC(=O)NC(C)C(N)=O.CCC(=O)NO.CCC(C)C.Cc1ccc2ccccc2c1. The number of benzene rings is 2. The molecule has 0 aliphatic heterocycles. The lowest BCUT2D eigenvalue weighted by atomic mass is 10.1. The van der Waals surface area contributed by atoms with Crippen molar-refractivity contribution in [3.05, 3.63) is 48.0 Å². The predicted molar refractivity (Wildman–Crippen MR) is 140 cm³/mol. The maximum Gasteiger partial charge on any atom is 0.243 e. The lowest BCUT2D eigenvalue weighted by Gasteiger charge is -2.09. The van der Waals surface area contributed by atoms with Crippen molar-refractivity contribution in [2.75, 3.05) is 6.54 Å². The zero-order valence-corrected chi connectivity index (χ0v) is 22.0. The molecule has 0 fully saturated rings. The molecule has 9 heteroatoms. The Morgan fingerprint density at radius 1 is 0.943 bits per heavy atom. The van der Waals surface area contributed by atoms with Gasteiger partial charge in [0.1, 0.15) is 6.04 Å². The van der Waals surface area contributed by atoms with Crippen LogP contribution in [-0.2, 0) is 19.2 Å². The van der Waals surface area contributed by atoms with Crippen LogP contribution in [0.25, 0.3) is 10.8 Å². The first-order valence-corrected chi connectivity index (χ1v) is 11.6. The molecule has 1 atom stereocenters. The molecule has 0 aliphatic rings. The van der Waals surface area contributed by atoms with E-state index in [0.29, 0.717) is 6.42 Å². The zero-order valence-electron chi connectivity index (χ0n) is 22.0.